The minimum Gasteiger partial charge on any atom is -0.422 e. The number of hydrogen-bond donors (Lipinski definition) is 1. The summed E-state index contributed by atoms with van der Waals surface area (Å²) in [6, 6.07) is 11.3. The summed E-state index contributed by atoms with van der Waals surface area (Å²) >= 11 is 6.39. The van der Waals surface area contributed by atoms with Crippen LogP contribution in [-0.4, -0.2) is 22.5 Å². The normalized spacial score (nSPS) is 18.9. The van der Waals surface area contributed by atoms with Gasteiger partial charge in [0.1, 0.15) is 0 Å². The van der Waals surface area contributed by atoms with Gasteiger partial charge < -0.3 is 14.5 Å². The lowest BCUT2D eigenvalue weighted by molar-refractivity contribution is -0.384. The summed E-state index contributed by atoms with van der Waals surface area (Å²) in [5, 5.41) is 12.4. The highest BCUT2D eigenvalue weighted by molar-refractivity contribution is 6.35. The number of fused-ring (bicyclic) bond motifs is 3. The largest absolute Gasteiger partial charge is 0.422 e. The smallest absolute Gasteiger partial charge is 0.305 e. The van der Waals surface area contributed by atoms with Gasteiger partial charge in [-0.05, 0) is 36.2 Å². The van der Waals surface area contributed by atoms with Crippen LogP contribution in [0.3, 0.4) is 0 Å². The molecule has 1 aliphatic heterocycles. The number of rotatable bonds is 3. The molecule has 3 aromatic rings. The first-order valence-electron chi connectivity index (χ1n) is 8.30. The van der Waals surface area contributed by atoms with Crippen molar-refractivity contribution in [1.29, 1.82) is 0 Å². The van der Waals surface area contributed by atoms with E-state index in [-0.39, 0.29) is 5.69 Å². The molecular weight excluding hydrogens is 372 g/mol. The number of non-ortho nitro benzene ring substituents is 1. The number of H-pyrrole nitrogens is 1. The lowest BCUT2D eigenvalue weighted by Crippen LogP contribution is -2.40. The van der Waals surface area contributed by atoms with E-state index in [1.54, 1.807) is 6.07 Å². The first-order chi connectivity index (χ1) is 12.9. The van der Waals surface area contributed by atoms with Crippen molar-refractivity contribution >= 4 is 34.2 Å². The van der Waals surface area contributed by atoms with Crippen molar-refractivity contribution in [2.24, 2.45) is 0 Å². The third-order valence-corrected chi connectivity index (χ3v) is 4.92. The molecule has 1 atom stereocenters. The maximum Gasteiger partial charge on any atom is 0.305 e. The van der Waals surface area contributed by atoms with E-state index in [2.05, 4.69) is 4.98 Å². The Morgan fingerprint density at radius 3 is 2.70 bits per heavy atom. The molecule has 0 radical (unpaired) electrons. The highest BCUT2D eigenvalue weighted by atomic mass is 35.5. The summed E-state index contributed by atoms with van der Waals surface area (Å²) in [6.07, 6.45) is 0.592. The molecule has 0 saturated carbocycles. The Labute approximate surface area is 159 Å². The first kappa shape index (κ1) is 17.5. The summed E-state index contributed by atoms with van der Waals surface area (Å²) in [5.41, 5.74) is 2.69. The fourth-order valence-corrected chi connectivity index (χ4v) is 3.83. The molecule has 1 aromatic heterocycles. The Kier molecular flexibility index (Phi) is 4.13. The van der Waals surface area contributed by atoms with Crippen LogP contribution in [0.1, 0.15) is 23.7 Å². The van der Waals surface area contributed by atoms with Crippen LogP contribution in [0.15, 0.2) is 42.5 Å². The van der Waals surface area contributed by atoms with Crippen molar-refractivity contribution in [2.75, 3.05) is 6.61 Å². The van der Waals surface area contributed by atoms with E-state index in [1.807, 2.05) is 12.1 Å². The zero-order valence-corrected chi connectivity index (χ0v) is 15.1. The van der Waals surface area contributed by atoms with Gasteiger partial charge in [0.25, 0.3) is 11.5 Å². The number of esters is 1. The summed E-state index contributed by atoms with van der Waals surface area (Å²) in [6.45, 7) is 1.59. The lowest BCUT2D eigenvalue weighted by Gasteiger charge is -2.36. The van der Waals surface area contributed by atoms with E-state index < -0.39 is 16.7 Å². The molecule has 0 aliphatic carbocycles. The van der Waals surface area contributed by atoms with Crippen molar-refractivity contribution in [3.63, 3.8) is 0 Å². The van der Waals surface area contributed by atoms with Gasteiger partial charge in [-0.25, -0.2) is 0 Å². The Balaban J connectivity index is 1.97. The molecule has 1 aliphatic rings. The van der Waals surface area contributed by atoms with Gasteiger partial charge >= 0.3 is 5.97 Å². The molecule has 1 unspecified atom stereocenters. The van der Waals surface area contributed by atoms with Crippen LogP contribution in [-0.2, 0) is 26.5 Å². The predicted octanol–water partition coefficient (Wildman–Crippen LogP) is 4.07. The molecule has 2 aromatic carbocycles. The maximum atomic E-state index is 11.9. The van der Waals surface area contributed by atoms with Gasteiger partial charge in [-0.1, -0.05) is 17.7 Å². The number of nitrogens with one attached hydrogen (secondary N) is 1. The average Bonchev–Trinajstić information content (AvgIpc) is 3.02. The zero-order valence-electron chi connectivity index (χ0n) is 14.3. The third-order valence-electron chi connectivity index (χ3n) is 4.61. The first-order valence-corrected chi connectivity index (χ1v) is 8.68. The van der Waals surface area contributed by atoms with Crippen molar-refractivity contribution in [3.05, 3.63) is 74.4 Å². The van der Waals surface area contributed by atoms with Gasteiger partial charge in [0, 0.05) is 35.5 Å². The topological polar surface area (TPSA) is 94.5 Å². The highest BCUT2D eigenvalue weighted by Gasteiger charge is 2.46. The predicted molar refractivity (Wildman–Crippen MR) is 98.6 cm³/mol. The number of halogens is 1. The van der Waals surface area contributed by atoms with Gasteiger partial charge in [0.05, 0.1) is 22.2 Å². The number of carbonyl (C=O) groups excluding carboxylic acids is 1. The van der Waals surface area contributed by atoms with Crippen molar-refractivity contribution in [1.82, 2.24) is 4.98 Å². The summed E-state index contributed by atoms with van der Waals surface area (Å²) in [7, 11) is 0. The standard InChI is InChI=1S/C19H15ClN2O5/c1-11(23)27-19(12-5-7-13(8-6-12)22(24)25)18-14(9-10-26-19)17-15(20)3-2-4-16(17)21-18/h2-8,21H,9-10H2,1H3. The van der Waals surface area contributed by atoms with Crippen molar-refractivity contribution in [3.8, 4) is 0 Å². The number of nitro groups is 1. The maximum absolute atomic E-state index is 11.9. The molecule has 8 heteroatoms. The van der Waals surface area contributed by atoms with E-state index in [1.165, 1.54) is 31.2 Å². The quantitative estimate of drug-likeness (QED) is 0.416. The van der Waals surface area contributed by atoms with E-state index in [0.717, 1.165) is 16.5 Å². The van der Waals surface area contributed by atoms with Gasteiger partial charge in [0.2, 0.25) is 0 Å². The molecule has 0 amide bonds. The molecule has 1 N–H and O–H groups in total. The number of hydrogen-bond acceptors (Lipinski definition) is 5. The number of aromatic amines is 1. The minimum absolute atomic E-state index is 0.0625. The number of nitrogens with zero attached hydrogens (tertiary/aromatic N) is 1. The van der Waals surface area contributed by atoms with Crippen molar-refractivity contribution < 1.29 is 19.2 Å². The Morgan fingerprint density at radius 1 is 1.30 bits per heavy atom. The van der Waals surface area contributed by atoms with Gasteiger partial charge in [-0.2, -0.15) is 0 Å². The third kappa shape index (κ3) is 2.75. The highest BCUT2D eigenvalue weighted by Crippen LogP contribution is 2.44. The fourth-order valence-electron chi connectivity index (χ4n) is 3.54. The lowest BCUT2D eigenvalue weighted by atomic mass is 9.94. The van der Waals surface area contributed by atoms with E-state index >= 15 is 0 Å². The second kappa shape index (κ2) is 6.37. The summed E-state index contributed by atoms with van der Waals surface area (Å²) < 4.78 is 11.6. The molecule has 0 saturated heterocycles. The second-order valence-electron chi connectivity index (χ2n) is 6.25. The molecule has 27 heavy (non-hydrogen) atoms. The van der Waals surface area contributed by atoms with Crippen LogP contribution in [0.2, 0.25) is 5.02 Å². The molecule has 2 heterocycles. The molecule has 0 bridgehead atoms. The van der Waals surface area contributed by atoms with Gasteiger partial charge in [-0.3, -0.25) is 14.9 Å². The summed E-state index contributed by atoms with van der Waals surface area (Å²) in [4.78, 5) is 25.7. The van der Waals surface area contributed by atoms with Crippen molar-refractivity contribution in [2.45, 2.75) is 19.1 Å². The van der Waals surface area contributed by atoms with Crippen LogP contribution in [0.25, 0.3) is 10.9 Å². The van der Waals surface area contributed by atoms with Gasteiger partial charge in [-0.15, -0.1) is 0 Å². The average molecular weight is 387 g/mol. The fraction of sp³-hybridized carbons (Fsp3) is 0.211. The van der Waals surface area contributed by atoms with E-state index in [9.17, 15) is 14.9 Å². The Hall–Kier alpha value is -2.90. The number of aromatic nitrogens is 1. The number of nitro benzene ring substituents is 1. The monoisotopic (exact) mass is 386 g/mol. The number of carbonyl (C=O) groups is 1. The molecular formula is C19H15ClN2O5. The number of benzene rings is 2. The molecule has 0 spiro atoms. The molecule has 138 valence electrons. The van der Waals surface area contributed by atoms with E-state index in [0.29, 0.717) is 29.3 Å². The van der Waals surface area contributed by atoms with Gasteiger partial charge in [0.15, 0.2) is 0 Å². The zero-order chi connectivity index (χ0) is 19.2. The molecule has 0 fully saturated rings. The van der Waals surface area contributed by atoms with Crippen LogP contribution < -0.4 is 0 Å². The Morgan fingerprint density at radius 2 is 2.04 bits per heavy atom. The Bertz CT molecular complexity index is 1060. The molecule has 4 rings (SSSR count). The summed E-state index contributed by atoms with van der Waals surface area (Å²) in [5.74, 6) is -2.05. The van der Waals surface area contributed by atoms with E-state index in [4.69, 9.17) is 21.1 Å². The van der Waals surface area contributed by atoms with Crippen LogP contribution >= 0.6 is 11.6 Å². The molecule has 7 nitrogen and oxygen atoms in total. The van der Waals surface area contributed by atoms with Crippen LogP contribution in [0.4, 0.5) is 5.69 Å². The van der Waals surface area contributed by atoms with Crippen LogP contribution in [0, 0.1) is 10.1 Å². The number of ether oxygens (including phenoxy) is 2. The minimum atomic E-state index is -1.52. The second-order valence-corrected chi connectivity index (χ2v) is 6.66. The van der Waals surface area contributed by atoms with Crippen LogP contribution in [0.5, 0.6) is 0 Å². The SMILES string of the molecule is CC(=O)OC1(c2ccc([N+](=O)[O-])cc2)OCCc2c1[nH]c1cccc(Cl)c21.